The van der Waals surface area contributed by atoms with Crippen LogP contribution in [-0.2, 0) is 11.2 Å². The number of aryl methyl sites for hydroxylation is 1. The maximum absolute atomic E-state index is 9.20. The summed E-state index contributed by atoms with van der Waals surface area (Å²) < 4.78 is 17.4. The van der Waals surface area contributed by atoms with Gasteiger partial charge in [-0.05, 0) is 62.1 Å². The van der Waals surface area contributed by atoms with E-state index in [2.05, 4.69) is 23.4 Å². The highest BCUT2D eigenvalue weighted by atomic mass is 32.2. The van der Waals surface area contributed by atoms with E-state index >= 15 is 0 Å². The van der Waals surface area contributed by atoms with E-state index in [1.807, 2.05) is 50.2 Å². The van der Waals surface area contributed by atoms with E-state index in [9.17, 15) is 5.11 Å². The second-order valence-corrected chi connectivity index (χ2v) is 7.75. The molecule has 0 aliphatic rings. The Balaban J connectivity index is 1.56. The average Bonchev–Trinajstić information content (AvgIpc) is 3.15. The van der Waals surface area contributed by atoms with E-state index in [4.69, 9.17) is 13.9 Å². The zero-order valence-electron chi connectivity index (χ0n) is 17.8. The molecule has 0 aliphatic heterocycles. The number of benzene rings is 2. The van der Waals surface area contributed by atoms with Crippen molar-refractivity contribution >= 4 is 11.8 Å². The fourth-order valence-corrected chi connectivity index (χ4v) is 3.63. The number of aliphatic hydroxyl groups excluding tert-OH is 1. The van der Waals surface area contributed by atoms with Crippen LogP contribution in [0.3, 0.4) is 0 Å². The Morgan fingerprint density at radius 3 is 2.47 bits per heavy atom. The van der Waals surface area contributed by atoms with E-state index in [1.54, 1.807) is 11.8 Å². The first-order valence-corrected chi connectivity index (χ1v) is 11.4. The highest BCUT2D eigenvalue weighted by molar-refractivity contribution is 7.98. The molecule has 1 heterocycles. The third kappa shape index (κ3) is 5.88. The van der Waals surface area contributed by atoms with Crippen LogP contribution in [0.2, 0.25) is 0 Å². The van der Waals surface area contributed by atoms with Crippen LogP contribution in [0.4, 0.5) is 0 Å². The number of aromatic nitrogens is 1. The SMILES string of the molecule is CCOC(CCO)c1ccc(OCCc2nc(-c3ccc(SC)cc3)oc2C)cc1. The van der Waals surface area contributed by atoms with Gasteiger partial charge in [-0.15, -0.1) is 11.8 Å². The summed E-state index contributed by atoms with van der Waals surface area (Å²) in [5.41, 5.74) is 2.93. The Hall–Kier alpha value is -2.28. The van der Waals surface area contributed by atoms with Gasteiger partial charge in [-0.25, -0.2) is 4.98 Å². The average molecular weight is 428 g/mol. The minimum atomic E-state index is -0.0877. The van der Waals surface area contributed by atoms with Crippen molar-refractivity contribution in [2.75, 3.05) is 26.1 Å². The Morgan fingerprint density at radius 1 is 1.10 bits per heavy atom. The molecule has 3 aromatic rings. The fourth-order valence-electron chi connectivity index (χ4n) is 3.23. The van der Waals surface area contributed by atoms with Crippen molar-refractivity contribution in [1.82, 2.24) is 4.98 Å². The summed E-state index contributed by atoms with van der Waals surface area (Å²) in [5, 5.41) is 9.20. The third-order valence-electron chi connectivity index (χ3n) is 4.85. The molecule has 6 heteroatoms. The molecule has 0 spiro atoms. The van der Waals surface area contributed by atoms with Crippen LogP contribution in [0, 0.1) is 6.92 Å². The number of oxazole rings is 1. The van der Waals surface area contributed by atoms with Crippen LogP contribution >= 0.6 is 11.8 Å². The van der Waals surface area contributed by atoms with E-state index in [-0.39, 0.29) is 12.7 Å². The second kappa shape index (κ2) is 11.2. The molecule has 5 nitrogen and oxygen atoms in total. The van der Waals surface area contributed by atoms with Gasteiger partial charge in [0.2, 0.25) is 5.89 Å². The molecule has 1 N–H and O–H groups in total. The number of hydrogen-bond acceptors (Lipinski definition) is 6. The van der Waals surface area contributed by atoms with Crippen molar-refractivity contribution in [2.24, 2.45) is 0 Å². The second-order valence-electron chi connectivity index (χ2n) is 6.87. The topological polar surface area (TPSA) is 64.7 Å². The van der Waals surface area contributed by atoms with Crippen molar-refractivity contribution in [3.05, 3.63) is 65.5 Å². The number of aliphatic hydroxyl groups is 1. The van der Waals surface area contributed by atoms with E-state index in [0.29, 0.717) is 31.9 Å². The molecule has 0 fully saturated rings. The van der Waals surface area contributed by atoms with Crippen molar-refractivity contribution in [3.63, 3.8) is 0 Å². The smallest absolute Gasteiger partial charge is 0.226 e. The monoisotopic (exact) mass is 427 g/mol. The molecule has 1 atom stereocenters. The number of nitrogens with zero attached hydrogens (tertiary/aromatic N) is 1. The normalized spacial score (nSPS) is 12.1. The predicted octanol–water partition coefficient (Wildman–Crippen LogP) is 5.45. The van der Waals surface area contributed by atoms with Gasteiger partial charge in [-0.2, -0.15) is 0 Å². The van der Waals surface area contributed by atoms with Gasteiger partial charge in [0.05, 0.1) is 18.4 Å². The molecule has 0 saturated heterocycles. The lowest BCUT2D eigenvalue weighted by molar-refractivity contribution is 0.0432. The summed E-state index contributed by atoms with van der Waals surface area (Å²) in [5.74, 6) is 2.26. The molecule has 3 rings (SSSR count). The molecule has 0 radical (unpaired) electrons. The summed E-state index contributed by atoms with van der Waals surface area (Å²) >= 11 is 1.71. The molecular weight excluding hydrogens is 398 g/mol. The number of ether oxygens (including phenoxy) is 2. The van der Waals surface area contributed by atoms with Crippen molar-refractivity contribution in [1.29, 1.82) is 0 Å². The fraction of sp³-hybridized carbons (Fsp3) is 0.375. The molecule has 160 valence electrons. The Bertz CT molecular complexity index is 900. The first-order valence-electron chi connectivity index (χ1n) is 10.2. The first-order chi connectivity index (χ1) is 14.6. The summed E-state index contributed by atoms with van der Waals surface area (Å²) in [6, 6.07) is 16.1. The summed E-state index contributed by atoms with van der Waals surface area (Å²) in [7, 11) is 0. The highest BCUT2D eigenvalue weighted by Crippen LogP contribution is 2.26. The summed E-state index contributed by atoms with van der Waals surface area (Å²) in [6.45, 7) is 5.13. The van der Waals surface area contributed by atoms with Gasteiger partial charge in [-0.3, -0.25) is 0 Å². The van der Waals surface area contributed by atoms with Gasteiger partial charge < -0.3 is 19.0 Å². The van der Waals surface area contributed by atoms with E-state index in [1.165, 1.54) is 4.90 Å². The van der Waals surface area contributed by atoms with Gasteiger partial charge >= 0.3 is 0 Å². The molecule has 30 heavy (non-hydrogen) atoms. The van der Waals surface area contributed by atoms with E-state index < -0.39 is 0 Å². The summed E-state index contributed by atoms with van der Waals surface area (Å²) in [4.78, 5) is 5.86. The van der Waals surface area contributed by atoms with Crippen molar-refractivity contribution in [2.45, 2.75) is 37.7 Å². The zero-order chi connectivity index (χ0) is 21.3. The Kier molecular flexibility index (Phi) is 8.37. The lowest BCUT2D eigenvalue weighted by atomic mass is 10.1. The van der Waals surface area contributed by atoms with Gasteiger partial charge in [-0.1, -0.05) is 12.1 Å². The van der Waals surface area contributed by atoms with Crippen molar-refractivity contribution < 1.29 is 19.0 Å². The lowest BCUT2D eigenvalue weighted by Gasteiger charge is -2.16. The lowest BCUT2D eigenvalue weighted by Crippen LogP contribution is -2.07. The molecule has 2 aromatic carbocycles. The maximum Gasteiger partial charge on any atom is 0.226 e. The standard InChI is InChI=1S/C24H29NO4S/c1-4-27-23(13-15-26)18-5-9-20(10-6-18)28-16-14-22-17(2)29-24(25-22)19-7-11-21(30-3)12-8-19/h5-12,23,26H,4,13-16H2,1-3H3. The number of hydrogen-bond donors (Lipinski definition) is 1. The van der Waals surface area contributed by atoms with E-state index in [0.717, 1.165) is 28.3 Å². The van der Waals surface area contributed by atoms with Gasteiger partial charge in [0.15, 0.2) is 0 Å². The zero-order valence-corrected chi connectivity index (χ0v) is 18.6. The predicted molar refractivity (Wildman–Crippen MR) is 120 cm³/mol. The molecule has 1 unspecified atom stereocenters. The molecule has 0 amide bonds. The van der Waals surface area contributed by atoms with Crippen LogP contribution < -0.4 is 4.74 Å². The highest BCUT2D eigenvalue weighted by Gasteiger charge is 2.13. The number of thioether (sulfide) groups is 1. The maximum atomic E-state index is 9.20. The Labute approximate surface area is 182 Å². The van der Waals surface area contributed by atoms with Crippen LogP contribution in [0.15, 0.2) is 57.8 Å². The van der Waals surface area contributed by atoms with Crippen LogP contribution in [0.25, 0.3) is 11.5 Å². The minimum absolute atomic E-state index is 0.0877. The molecule has 0 aliphatic carbocycles. The third-order valence-corrected chi connectivity index (χ3v) is 5.59. The van der Waals surface area contributed by atoms with Crippen LogP contribution in [-0.4, -0.2) is 36.2 Å². The minimum Gasteiger partial charge on any atom is -0.493 e. The van der Waals surface area contributed by atoms with Crippen molar-refractivity contribution in [3.8, 4) is 17.2 Å². The van der Waals surface area contributed by atoms with Gasteiger partial charge in [0, 0.05) is 36.5 Å². The molecule has 0 saturated carbocycles. The summed E-state index contributed by atoms with van der Waals surface area (Å²) in [6.07, 6.45) is 3.23. The molecule has 1 aromatic heterocycles. The van der Waals surface area contributed by atoms with Crippen LogP contribution in [0.5, 0.6) is 5.75 Å². The quantitative estimate of drug-likeness (QED) is 0.410. The van der Waals surface area contributed by atoms with Gasteiger partial charge in [0.25, 0.3) is 0 Å². The van der Waals surface area contributed by atoms with Gasteiger partial charge in [0.1, 0.15) is 11.5 Å². The number of rotatable bonds is 11. The largest absolute Gasteiger partial charge is 0.493 e. The first kappa shape index (κ1) is 22.4. The molecule has 0 bridgehead atoms. The molecular formula is C24H29NO4S. The Morgan fingerprint density at radius 2 is 1.83 bits per heavy atom. The van der Waals surface area contributed by atoms with Crippen LogP contribution in [0.1, 0.15) is 36.5 Å².